The first-order valence-electron chi connectivity index (χ1n) is 8.19. The molecule has 2 aliphatic rings. The molecule has 0 unspecified atom stereocenters. The number of hydrogen-bond donors (Lipinski definition) is 1. The number of imidazole rings is 1. The van der Waals surface area contributed by atoms with Crippen LogP contribution in [0.1, 0.15) is 37.4 Å². The number of rotatable bonds is 2. The minimum absolute atomic E-state index is 0.539. The standard InChI is InChI=1S/C17H22N4S/c1-20-15-5-3-2-4-14(15)19-16(20)12-8-10-21(11-9-12)17(22)18-13-6-7-13/h2-5,12-13H,6-11H2,1H3,(H,18,22). The predicted octanol–water partition coefficient (Wildman–Crippen LogP) is 2.79. The highest BCUT2D eigenvalue weighted by Gasteiger charge is 2.28. The molecule has 1 saturated heterocycles. The maximum atomic E-state index is 5.52. The first kappa shape index (κ1) is 14.0. The number of benzene rings is 1. The van der Waals surface area contributed by atoms with Crippen LogP contribution in [0, 0.1) is 0 Å². The van der Waals surface area contributed by atoms with E-state index in [0.29, 0.717) is 12.0 Å². The number of nitrogens with one attached hydrogen (secondary N) is 1. The van der Waals surface area contributed by atoms with E-state index in [1.165, 1.54) is 24.2 Å². The molecule has 22 heavy (non-hydrogen) atoms. The summed E-state index contributed by atoms with van der Waals surface area (Å²) in [7, 11) is 2.14. The Bertz CT molecular complexity index is 696. The molecule has 116 valence electrons. The third kappa shape index (κ3) is 2.58. The topological polar surface area (TPSA) is 33.1 Å². The number of hydrogen-bond acceptors (Lipinski definition) is 2. The van der Waals surface area contributed by atoms with Crippen LogP contribution >= 0.6 is 12.2 Å². The normalized spacial score (nSPS) is 19.6. The minimum atomic E-state index is 0.539. The molecular weight excluding hydrogens is 292 g/mol. The van der Waals surface area contributed by atoms with Crippen LogP contribution in [0.4, 0.5) is 0 Å². The lowest BCUT2D eigenvalue weighted by Crippen LogP contribution is -2.44. The second kappa shape index (κ2) is 5.54. The van der Waals surface area contributed by atoms with E-state index in [0.717, 1.165) is 36.6 Å². The highest BCUT2D eigenvalue weighted by atomic mass is 32.1. The van der Waals surface area contributed by atoms with E-state index in [1.807, 2.05) is 0 Å². The van der Waals surface area contributed by atoms with Crippen molar-refractivity contribution in [2.24, 2.45) is 7.05 Å². The summed E-state index contributed by atoms with van der Waals surface area (Å²) < 4.78 is 2.26. The van der Waals surface area contributed by atoms with Crippen molar-refractivity contribution in [1.82, 2.24) is 19.8 Å². The summed E-state index contributed by atoms with van der Waals surface area (Å²) in [6.45, 7) is 2.07. The molecular formula is C17H22N4S. The van der Waals surface area contributed by atoms with E-state index < -0.39 is 0 Å². The average Bonchev–Trinajstić information content (AvgIpc) is 3.30. The summed E-state index contributed by atoms with van der Waals surface area (Å²) >= 11 is 5.52. The monoisotopic (exact) mass is 314 g/mol. The van der Waals surface area contributed by atoms with Gasteiger partial charge in [-0.2, -0.15) is 0 Å². The lowest BCUT2D eigenvalue weighted by molar-refractivity contribution is 0.301. The van der Waals surface area contributed by atoms with Gasteiger partial charge in [-0.25, -0.2) is 4.98 Å². The van der Waals surface area contributed by atoms with Gasteiger partial charge in [0, 0.05) is 32.1 Å². The molecule has 0 amide bonds. The van der Waals surface area contributed by atoms with Gasteiger partial charge in [0.1, 0.15) is 5.82 Å². The van der Waals surface area contributed by atoms with Crippen molar-refractivity contribution >= 4 is 28.4 Å². The zero-order valence-electron chi connectivity index (χ0n) is 13.0. The lowest BCUT2D eigenvalue weighted by atomic mass is 9.96. The van der Waals surface area contributed by atoms with Gasteiger partial charge in [0.05, 0.1) is 11.0 Å². The molecule has 0 atom stereocenters. The van der Waals surface area contributed by atoms with E-state index in [-0.39, 0.29) is 0 Å². The maximum Gasteiger partial charge on any atom is 0.169 e. The van der Waals surface area contributed by atoms with Crippen LogP contribution in [-0.2, 0) is 7.05 Å². The number of para-hydroxylation sites is 2. The molecule has 0 radical (unpaired) electrons. The van der Waals surface area contributed by atoms with Crippen molar-refractivity contribution in [2.75, 3.05) is 13.1 Å². The molecule has 1 aromatic heterocycles. The van der Waals surface area contributed by atoms with E-state index in [2.05, 4.69) is 46.1 Å². The molecule has 2 heterocycles. The second-order valence-electron chi connectivity index (χ2n) is 6.50. The quantitative estimate of drug-likeness (QED) is 0.864. The molecule has 1 aliphatic heterocycles. The highest BCUT2D eigenvalue weighted by Crippen LogP contribution is 2.30. The Morgan fingerprint density at radius 3 is 2.59 bits per heavy atom. The molecule has 0 spiro atoms. The van der Waals surface area contributed by atoms with Crippen molar-refractivity contribution in [3.05, 3.63) is 30.1 Å². The van der Waals surface area contributed by atoms with Gasteiger partial charge in [-0.3, -0.25) is 0 Å². The van der Waals surface area contributed by atoms with Gasteiger partial charge < -0.3 is 14.8 Å². The number of aryl methyl sites for hydroxylation is 1. The number of aromatic nitrogens is 2. The van der Waals surface area contributed by atoms with Gasteiger partial charge in [-0.1, -0.05) is 12.1 Å². The predicted molar refractivity (Wildman–Crippen MR) is 93.0 cm³/mol. The van der Waals surface area contributed by atoms with Crippen LogP contribution in [-0.4, -0.2) is 38.7 Å². The summed E-state index contributed by atoms with van der Waals surface area (Å²) in [4.78, 5) is 7.19. The summed E-state index contributed by atoms with van der Waals surface area (Å²) in [5, 5.41) is 4.40. The van der Waals surface area contributed by atoms with Crippen LogP contribution in [0.3, 0.4) is 0 Å². The van der Waals surface area contributed by atoms with Crippen LogP contribution < -0.4 is 5.32 Å². The molecule has 2 aromatic rings. The van der Waals surface area contributed by atoms with Gasteiger partial charge >= 0.3 is 0 Å². The number of piperidine rings is 1. The Morgan fingerprint density at radius 1 is 1.18 bits per heavy atom. The van der Waals surface area contributed by atoms with Gasteiger partial charge in [-0.05, 0) is 50.0 Å². The Kier molecular flexibility index (Phi) is 3.53. The van der Waals surface area contributed by atoms with Crippen molar-refractivity contribution in [2.45, 2.75) is 37.6 Å². The number of fused-ring (bicyclic) bond motifs is 1. The van der Waals surface area contributed by atoms with E-state index in [4.69, 9.17) is 17.2 Å². The van der Waals surface area contributed by atoms with Gasteiger partial charge in [0.25, 0.3) is 0 Å². The van der Waals surface area contributed by atoms with Gasteiger partial charge in [0.15, 0.2) is 5.11 Å². The Labute approximate surface area is 136 Å². The van der Waals surface area contributed by atoms with Gasteiger partial charge in [0.2, 0.25) is 0 Å². The van der Waals surface area contributed by atoms with Crippen molar-refractivity contribution in [3.63, 3.8) is 0 Å². The minimum Gasteiger partial charge on any atom is -0.360 e. The van der Waals surface area contributed by atoms with E-state index in [1.54, 1.807) is 0 Å². The van der Waals surface area contributed by atoms with Crippen LogP contribution in [0.2, 0.25) is 0 Å². The Balaban J connectivity index is 1.45. The molecule has 1 aliphatic carbocycles. The molecule has 4 nitrogen and oxygen atoms in total. The number of likely N-dealkylation sites (tertiary alicyclic amines) is 1. The molecule has 4 rings (SSSR count). The average molecular weight is 314 g/mol. The van der Waals surface area contributed by atoms with Crippen molar-refractivity contribution < 1.29 is 0 Å². The number of thiocarbonyl (C=S) groups is 1. The Morgan fingerprint density at radius 2 is 1.91 bits per heavy atom. The zero-order valence-corrected chi connectivity index (χ0v) is 13.8. The molecule has 5 heteroatoms. The maximum absolute atomic E-state index is 5.52. The first-order valence-corrected chi connectivity index (χ1v) is 8.60. The van der Waals surface area contributed by atoms with Crippen molar-refractivity contribution in [3.8, 4) is 0 Å². The van der Waals surface area contributed by atoms with Gasteiger partial charge in [-0.15, -0.1) is 0 Å². The summed E-state index contributed by atoms with van der Waals surface area (Å²) in [5.74, 6) is 1.76. The third-order valence-electron chi connectivity index (χ3n) is 4.87. The summed E-state index contributed by atoms with van der Waals surface area (Å²) in [5.41, 5.74) is 2.33. The zero-order chi connectivity index (χ0) is 15.1. The van der Waals surface area contributed by atoms with Crippen LogP contribution in [0.25, 0.3) is 11.0 Å². The second-order valence-corrected chi connectivity index (χ2v) is 6.89. The summed E-state index contributed by atoms with van der Waals surface area (Å²) in [6.07, 6.45) is 4.81. The SMILES string of the molecule is Cn1c(C2CCN(C(=S)NC3CC3)CC2)nc2ccccc21. The van der Waals surface area contributed by atoms with Crippen LogP contribution in [0.5, 0.6) is 0 Å². The largest absolute Gasteiger partial charge is 0.360 e. The summed E-state index contributed by atoms with van der Waals surface area (Å²) in [6, 6.07) is 9.03. The Hall–Kier alpha value is -1.62. The first-order chi connectivity index (χ1) is 10.7. The fourth-order valence-electron chi connectivity index (χ4n) is 3.36. The number of nitrogens with zero attached hydrogens (tertiary/aromatic N) is 3. The molecule has 1 N–H and O–H groups in total. The fraction of sp³-hybridized carbons (Fsp3) is 0.529. The van der Waals surface area contributed by atoms with E-state index >= 15 is 0 Å². The molecule has 0 bridgehead atoms. The molecule has 2 fully saturated rings. The van der Waals surface area contributed by atoms with Crippen molar-refractivity contribution in [1.29, 1.82) is 0 Å². The third-order valence-corrected chi connectivity index (χ3v) is 5.25. The fourth-order valence-corrected chi connectivity index (χ4v) is 3.71. The highest BCUT2D eigenvalue weighted by molar-refractivity contribution is 7.80. The van der Waals surface area contributed by atoms with Crippen LogP contribution in [0.15, 0.2) is 24.3 Å². The lowest BCUT2D eigenvalue weighted by Gasteiger charge is -2.33. The molecule has 1 aromatic carbocycles. The van der Waals surface area contributed by atoms with E-state index in [9.17, 15) is 0 Å². The smallest absolute Gasteiger partial charge is 0.169 e. The molecule has 1 saturated carbocycles.